The highest BCUT2D eigenvalue weighted by Gasteiger charge is 2.26. The minimum Gasteiger partial charge on any atom is -0.481 e. The van der Waals surface area contributed by atoms with E-state index in [2.05, 4.69) is 21.8 Å². The maximum Gasteiger partial charge on any atom is 0.303 e. The molecule has 150 valence electrons. The van der Waals surface area contributed by atoms with E-state index in [-0.39, 0.29) is 17.8 Å². The molecule has 0 aromatic carbocycles. The van der Waals surface area contributed by atoms with E-state index in [9.17, 15) is 4.79 Å². The number of aliphatic carboxylic acids is 1. The molecule has 1 atom stereocenters. The van der Waals surface area contributed by atoms with Gasteiger partial charge in [0.15, 0.2) is 16.6 Å². The van der Waals surface area contributed by atoms with Gasteiger partial charge in [-0.1, -0.05) is 23.6 Å². The number of fused-ring (bicyclic) bond motifs is 1. The summed E-state index contributed by atoms with van der Waals surface area (Å²) in [6.45, 7) is 0.698. The summed E-state index contributed by atoms with van der Waals surface area (Å²) in [6.07, 6.45) is 3.86. The Morgan fingerprint density at radius 2 is 2.28 bits per heavy atom. The third-order valence-corrected chi connectivity index (χ3v) is 5.70. The molecular weight excluding hydrogens is 412 g/mol. The highest BCUT2D eigenvalue weighted by Crippen LogP contribution is 2.35. The van der Waals surface area contributed by atoms with Gasteiger partial charge in [-0.15, -0.1) is 11.3 Å². The summed E-state index contributed by atoms with van der Waals surface area (Å²) in [7, 11) is 0. The molecule has 3 aromatic heterocycles. The molecule has 0 bridgehead atoms. The van der Waals surface area contributed by atoms with E-state index in [1.807, 2.05) is 22.1 Å². The Balaban J connectivity index is 1.74. The summed E-state index contributed by atoms with van der Waals surface area (Å²) >= 11 is 8.01. The van der Waals surface area contributed by atoms with E-state index in [1.54, 1.807) is 11.3 Å². The first-order valence-electron chi connectivity index (χ1n) is 9.45. The summed E-state index contributed by atoms with van der Waals surface area (Å²) < 4.78 is 8.02. The Kier molecular flexibility index (Phi) is 6.09. The van der Waals surface area contributed by atoms with Crippen LogP contribution in [0.2, 0.25) is 5.15 Å². The number of ether oxygens (including phenoxy) is 1. The van der Waals surface area contributed by atoms with Gasteiger partial charge in [0.2, 0.25) is 5.82 Å². The van der Waals surface area contributed by atoms with Crippen LogP contribution in [-0.2, 0) is 9.53 Å². The zero-order valence-corrected chi connectivity index (χ0v) is 17.2. The topological polar surface area (TPSA) is 90.1 Å². The Hall–Kier alpha value is -2.47. The van der Waals surface area contributed by atoms with Gasteiger partial charge in [-0.3, -0.25) is 9.36 Å². The Morgan fingerprint density at radius 3 is 3.00 bits per heavy atom. The molecule has 0 spiro atoms. The lowest BCUT2D eigenvalue weighted by Gasteiger charge is -2.25. The molecule has 3 aromatic rings. The van der Waals surface area contributed by atoms with Gasteiger partial charge >= 0.3 is 5.97 Å². The predicted molar refractivity (Wildman–Crippen MR) is 111 cm³/mol. The summed E-state index contributed by atoms with van der Waals surface area (Å²) in [6, 6.07) is 3.99. The highest BCUT2D eigenvalue weighted by molar-refractivity contribution is 7.13. The molecule has 4 heterocycles. The molecule has 0 amide bonds. The van der Waals surface area contributed by atoms with E-state index in [0.29, 0.717) is 36.4 Å². The normalized spacial score (nSPS) is 16.5. The lowest BCUT2D eigenvalue weighted by atomic mass is 10.2. The number of hydrogen-bond acceptors (Lipinski definition) is 6. The quantitative estimate of drug-likeness (QED) is 0.363. The average molecular weight is 431 g/mol. The van der Waals surface area contributed by atoms with Crippen LogP contribution in [0.4, 0.5) is 0 Å². The number of rotatable bonds is 5. The van der Waals surface area contributed by atoms with E-state index >= 15 is 0 Å². The second-order valence-electron chi connectivity index (χ2n) is 6.66. The Morgan fingerprint density at radius 1 is 1.38 bits per heavy atom. The second kappa shape index (κ2) is 8.91. The molecule has 0 saturated carbocycles. The fourth-order valence-electron chi connectivity index (χ4n) is 3.25. The SMILES string of the molecule is O=C(O)CCCC#Cc1nc(Cl)c2nc(-c3cccs3)n(C3CCCCO3)c2n1. The van der Waals surface area contributed by atoms with Gasteiger partial charge in [-0.25, -0.2) is 15.0 Å². The van der Waals surface area contributed by atoms with Crippen molar-refractivity contribution < 1.29 is 14.6 Å². The first-order chi connectivity index (χ1) is 14.1. The summed E-state index contributed by atoms with van der Waals surface area (Å²) in [5.41, 5.74) is 1.14. The first-order valence-corrected chi connectivity index (χ1v) is 10.7. The predicted octanol–water partition coefficient (Wildman–Crippen LogP) is 4.51. The number of halogens is 1. The minimum atomic E-state index is -0.829. The largest absolute Gasteiger partial charge is 0.481 e. The van der Waals surface area contributed by atoms with Crippen molar-refractivity contribution in [2.75, 3.05) is 6.61 Å². The standard InChI is InChI=1S/C20H19ClN4O3S/c21-18-17-20(23-14(22-18)8-2-1-3-10-16(26)27)25(15-9-4-5-11-28-15)19(24-17)13-7-6-12-29-13/h6-7,12,15H,1,3-5,9-11H2,(H,26,27). The van der Waals surface area contributed by atoms with Crippen LogP contribution >= 0.6 is 22.9 Å². The molecule has 1 saturated heterocycles. The number of carbonyl (C=O) groups is 1. The molecule has 4 rings (SSSR count). The van der Waals surface area contributed by atoms with Gasteiger partial charge in [0.1, 0.15) is 11.7 Å². The fourth-order valence-corrected chi connectivity index (χ4v) is 4.16. The second-order valence-corrected chi connectivity index (χ2v) is 7.97. The van der Waals surface area contributed by atoms with Crippen LogP contribution in [-0.4, -0.2) is 37.2 Å². The van der Waals surface area contributed by atoms with Gasteiger partial charge in [0.05, 0.1) is 4.88 Å². The molecule has 0 radical (unpaired) electrons. The fraction of sp³-hybridized carbons (Fsp3) is 0.400. The maximum atomic E-state index is 10.6. The zero-order valence-electron chi connectivity index (χ0n) is 15.6. The third kappa shape index (κ3) is 4.42. The van der Waals surface area contributed by atoms with E-state index in [4.69, 9.17) is 26.4 Å². The van der Waals surface area contributed by atoms with Crippen LogP contribution in [0.1, 0.15) is 50.6 Å². The molecule has 7 nitrogen and oxygen atoms in total. The smallest absolute Gasteiger partial charge is 0.303 e. The van der Waals surface area contributed by atoms with Crippen molar-refractivity contribution in [3.05, 3.63) is 28.5 Å². The van der Waals surface area contributed by atoms with Crippen molar-refractivity contribution in [3.63, 3.8) is 0 Å². The van der Waals surface area contributed by atoms with Gasteiger partial charge in [0.25, 0.3) is 0 Å². The number of aromatic nitrogens is 4. The van der Waals surface area contributed by atoms with E-state index < -0.39 is 5.97 Å². The number of unbranched alkanes of at least 4 members (excludes halogenated alkanes) is 1. The van der Waals surface area contributed by atoms with Crippen LogP contribution in [0, 0.1) is 11.8 Å². The number of carboxylic acids is 1. The monoisotopic (exact) mass is 430 g/mol. The molecule has 1 fully saturated rings. The van der Waals surface area contributed by atoms with Gasteiger partial charge in [0, 0.05) is 19.4 Å². The lowest BCUT2D eigenvalue weighted by Crippen LogP contribution is -2.19. The van der Waals surface area contributed by atoms with Gasteiger partial charge in [-0.2, -0.15) is 0 Å². The van der Waals surface area contributed by atoms with Crippen molar-refractivity contribution in [1.82, 2.24) is 19.5 Å². The number of thiophene rings is 1. The molecule has 29 heavy (non-hydrogen) atoms. The molecule has 1 unspecified atom stereocenters. The maximum absolute atomic E-state index is 10.6. The Labute approximate surface area is 176 Å². The number of hydrogen-bond donors (Lipinski definition) is 1. The van der Waals surface area contributed by atoms with Crippen molar-refractivity contribution in [3.8, 4) is 22.5 Å². The Bertz CT molecular complexity index is 1080. The number of carboxylic acid groups (broad SMARTS) is 1. The van der Waals surface area contributed by atoms with Crippen molar-refractivity contribution in [1.29, 1.82) is 0 Å². The van der Waals surface area contributed by atoms with Crippen LogP contribution in [0.25, 0.3) is 21.9 Å². The number of imidazole rings is 1. The minimum absolute atomic E-state index is 0.0886. The van der Waals surface area contributed by atoms with Crippen LogP contribution in [0.15, 0.2) is 17.5 Å². The molecule has 1 aliphatic rings. The summed E-state index contributed by atoms with van der Waals surface area (Å²) in [5, 5.41) is 11.0. The van der Waals surface area contributed by atoms with Gasteiger partial charge < -0.3 is 9.84 Å². The molecular formula is C20H19ClN4O3S. The summed E-state index contributed by atoms with van der Waals surface area (Å²) in [5.74, 6) is 6.06. The van der Waals surface area contributed by atoms with Crippen molar-refractivity contribution in [2.45, 2.75) is 44.8 Å². The highest BCUT2D eigenvalue weighted by atomic mass is 35.5. The molecule has 0 aliphatic carbocycles. The molecule has 1 N–H and O–H groups in total. The number of nitrogens with zero attached hydrogens (tertiary/aromatic N) is 4. The first kappa shape index (κ1) is 19.8. The average Bonchev–Trinajstić information content (AvgIpc) is 3.36. The van der Waals surface area contributed by atoms with Crippen molar-refractivity contribution in [2.24, 2.45) is 0 Å². The van der Waals surface area contributed by atoms with E-state index in [1.165, 1.54) is 0 Å². The third-order valence-electron chi connectivity index (χ3n) is 4.57. The zero-order chi connectivity index (χ0) is 20.2. The van der Waals surface area contributed by atoms with Crippen LogP contribution in [0.3, 0.4) is 0 Å². The van der Waals surface area contributed by atoms with Gasteiger partial charge in [-0.05, 0) is 43.1 Å². The van der Waals surface area contributed by atoms with Crippen LogP contribution < -0.4 is 0 Å². The molecule has 1 aliphatic heterocycles. The van der Waals surface area contributed by atoms with Crippen LogP contribution in [0.5, 0.6) is 0 Å². The van der Waals surface area contributed by atoms with E-state index in [0.717, 1.165) is 30.0 Å². The van der Waals surface area contributed by atoms with Crippen molar-refractivity contribution >= 4 is 40.1 Å². The molecule has 9 heteroatoms. The summed E-state index contributed by atoms with van der Waals surface area (Å²) in [4.78, 5) is 25.2. The lowest BCUT2D eigenvalue weighted by molar-refractivity contribution is -0.137.